The van der Waals surface area contributed by atoms with Crippen molar-refractivity contribution < 1.29 is 60.6 Å². The molecule has 53 heavy (non-hydrogen) atoms. The molecular formula is C43H40Ir2N4O4-2. The Balaban J connectivity index is 0.000000207. The molecule has 8 nitrogen and oxygen atoms in total. The summed E-state index contributed by atoms with van der Waals surface area (Å²) in [5.41, 5.74) is 4.70. The maximum Gasteiger partial charge on any atom is 0.0877 e. The van der Waals surface area contributed by atoms with Crippen molar-refractivity contribution >= 4 is 65.2 Å². The van der Waals surface area contributed by atoms with E-state index in [-0.39, 0.29) is 51.7 Å². The molecule has 8 aromatic rings. The van der Waals surface area contributed by atoms with Crippen LogP contribution in [0.2, 0.25) is 0 Å². The van der Waals surface area contributed by atoms with E-state index in [1.54, 1.807) is 26.2 Å². The number of allylic oxidation sites excluding steroid dienone is 2. The fourth-order valence-corrected chi connectivity index (χ4v) is 5.83. The van der Waals surface area contributed by atoms with Gasteiger partial charge in [0.25, 0.3) is 0 Å². The van der Waals surface area contributed by atoms with E-state index in [1.165, 1.54) is 47.5 Å². The molecule has 2 heterocycles. The van der Waals surface area contributed by atoms with Crippen LogP contribution in [0.3, 0.4) is 0 Å². The molecule has 8 rings (SSSR count). The van der Waals surface area contributed by atoms with Gasteiger partial charge in [0.15, 0.2) is 0 Å². The van der Waals surface area contributed by atoms with E-state index < -0.39 is 12.2 Å². The Hall–Kier alpha value is -4.66. The Labute approximate surface area is 335 Å². The zero-order valence-electron chi connectivity index (χ0n) is 29.9. The van der Waals surface area contributed by atoms with Gasteiger partial charge in [-0.3, -0.25) is 9.97 Å². The van der Waals surface area contributed by atoms with Crippen LogP contribution in [-0.2, 0) is 40.2 Å². The molecule has 0 fully saturated rings. The summed E-state index contributed by atoms with van der Waals surface area (Å²) in [6, 6.07) is 35.4. The predicted molar refractivity (Wildman–Crippen MR) is 208 cm³/mol. The summed E-state index contributed by atoms with van der Waals surface area (Å²) in [4.78, 5) is 18.2. The molecule has 2 atom stereocenters. The summed E-state index contributed by atoms with van der Waals surface area (Å²) in [5, 5.41) is 43.0. The van der Waals surface area contributed by atoms with Crippen LogP contribution in [-0.4, -0.2) is 52.6 Å². The number of aromatic nitrogens is 4. The molecule has 0 saturated heterocycles. The van der Waals surface area contributed by atoms with E-state index in [4.69, 9.17) is 20.4 Å². The molecule has 2 aromatic heterocycles. The van der Waals surface area contributed by atoms with Crippen LogP contribution in [0.5, 0.6) is 0 Å². The van der Waals surface area contributed by atoms with Crippen molar-refractivity contribution in [1.29, 1.82) is 0 Å². The van der Waals surface area contributed by atoms with Gasteiger partial charge in [-0.25, -0.2) is 0 Å². The van der Waals surface area contributed by atoms with Gasteiger partial charge in [-0.2, -0.15) is 0 Å². The Bertz CT molecular complexity index is 2230. The summed E-state index contributed by atoms with van der Waals surface area (Å²) in [5.74, 6) is 0.324. The van der Waals surface area contributed by atoms with Gasteiger partial charge in [-0.1, -0.05) is 70.1 Å². The summed E-state index contributed by atoms with van der Waals surface area (Å²) < 4.78 is 0. The van der Waals surface area contributed by atoms with Crippen LogP contribution in [0.4, 0.5) is 0 Å². The summed E-state index contributed by atoms with van der Waals surface area (Å²) in [6.07, 6.45) is 6.94. The van der Waals surface area contributed by atoms with Crippen LogP contribution in [0.1, 0.15) is 33.4 Å². The van der Waals surface area contributed by atoms with E-state index in [1.807, 2.05) is 49.5 Å². The third kappa shape index (κ3) is 10.7. The van der Waals surface area contributed by atoms with Gasteiger partial charge in [0.2, 0.25) is 0 Å². The first-order chi connectivity index (χ1) is 24.5. The van der Waals surface area contributed by atoms with E-state index in [9.17, 15) is 0 Å². The minimum atomic E-state index is -0.537. The van der Waals surface area contributed by atoms with Gasteiger partial charge < -0.3 is 30.4 Å². The minimum absolute atomic E-state index is 0. The predicted octanol–water partition coefficient (Wildman–Crippen LogP) is 9.43. The second kappa shape index (κ2) is 20.0. The fourth-order valence-electron chi connectivity index (χ4n) is 5.83. The Morgan fingerprint density at radius 3 is 1.40 bits per heavy atom. The number of fused-ring (bicyclic) bond motifs is 12. The molecule has 0 aliphatic carbocycles. The van der Waals surface area contributed by atoms with Crippen LogP contribution >= 0.6 is 0 Å². The fraction of sp³-hybridized carbons (Fsp3) is 0.163. The van der Waals surface area contributed by atoms with Gasteiger partial charge in [-0.05, 0) is 57.5 Å². The number of aliphatic hydroxyl groups excluding tert-OH is 4. The van der Waals surface area contributed by atoms with Gasteiger partial charge >= 0.3 is 0 Å². The van der Waals surface area contributed by atoms with Crippen LogP contribution < -0.4 is 0 Å². The summed E-state index contributed by atoms with van der Waals surface area (Å²) in [6.45, 7) is 8.18. The minimum Gasteiger partial charge on any atom is -0.513 e. The molecular weight excluding hydrogens is 1020 g/mol. The van der Waals surface area contributed by atoms with Crippen LogP contribution in [0.15, 0.2) is 127 Å². The molecule has 6 aromatic carbocycles. The second-order valence-corrected chi connectivity index (χ2v) is 12.1. The first kappa shape index (κ1) is 42.7. The van der Waals surface area contributed by atoms with E-state index in [2.05, 4.69) is 80.6 Å². The van der Waals surface area contributed by atoms with Crippen molar-refractivity contribution in [3.05, 3.63) is 145 Å². The molecule has 0 aliphatic heterocycles. The van der Waals surface area contributed by atoms with Crippen molar-refractivity contribution in [2.45, 2.75) is 46.8 Å². The van der Waals surface area contributed by atoms with Crippen molar-refractivity contribution in [3.8, 4) is 0 Å². The first-order valence-corrected chi connectivity index (χ1v) is 16.5. The molecule has 0 saturated carbocycles. The molecule has 0 amide bonds. The molecule has 0 aliphatic rings. The number of nitrogens with zero attached hydrogens (tertiary/aromatic N) is 4. The van der Waals surface area contributed by atoms with Crippen molar-refractivity contribution in [3.63, 3.8) is 0 Å². The number of hydrogen-bond acceptors (Lipinski definition) is 8. The normalized spacial score (nSPS) is 12.4. The van der Waals surface area contributed by atoms with E-state index >= 15 is 0 Å². The maximum absolute atomic E-state index is 8.49. The Morgan fingerprint density at radius 2 is 0.962 bits per heavy atom. The largest absolute Gasteiger partial charge is 0.513 e. The van der Waals surface area contributed by atoms with Gasteiger partial charge in [0, 0.05) is 69.8 Å². The summed E-state index contributed by atoms with van der Waals surface area (Å²) in [7, 11) is 0. The molecule has 2 unspecified atom stereocenters. The molecule has 10 heteroatoms. The first-order valence-electron chi connectivity index (χ1n) is 16.5. The van der Waals surface area contributed by atoms with E-state index in [0.717, 1.165) is 49.3 Å². The third-order valence-corrected chi connectivity index (χ3v) is 7.69. The number of aryl methyl sites for hydroxylation is 1. The Morgan fingerprint density at radius 1 is 0.566 bits per heavy atom. The van der Waals surface area contributed by atoms with Crippen molar-refractivity contribution in [2.24, 2.45) is 0 Å². The molecule has 2 radical (unpaired) electrons. The van der Waals surface area contributed by atoms with Crippen molar-refractivity contribution in [2.75, 3.05) is 0 Å². The SMILES string of the molecule is CC(O)=CC(C)O.CC(O)=CC(C)O.Cc1cnc2c3[c-]cccc3c3ccccc3c2n1.[Ir].[Ir].[c-]1cccc2c1c1nccnc1c1ccccc21. The number of hydrogen-bond donors (Lipinski definition) is 4. The van der Waals surface area contributed by atoms with Crippen LogP contribution in [0.25, 0.3) is 65.2 Å². The smallest absolute Gasteiger partial charge is 0.0877 e. The standard InChI is InChI=1S/C17H11N2.C16H9N2.2C5H10O2.2Ir/c1-11-10-18-16-14-8-4-2-6-12(14)13-7-3-5-9-15(13)17(16)19-11;1-3-7-13-11(5-1)12-6-2-4-8-14(12)16-15(13)17-9-10-18-16;2*1-4(6)3-5(2)7;;/h2-7,9-10H,1H3;1-7,9-10H;2*3-4,6-7H,1-2H3;;/q2*-1;;;;. The molecule has 276 valence electrons. The molecule has 4 N–H and O–H groups in total. The average molecular weight is 1060 g/mol. The number of benzene rings is 6. The second-order valence-electron chi connectivity index (χ2n) is 12.1. The Kier molecular flexibility index (Phi) is 16.1. The zero-order valence-corrected chi connectivity index (χ0v) is 34.7. The topological polar surface area (TPSA) is 132 Å². The maximum atomic E-state index is 8.49. The quantitative estimate of drug-likeness (QED) is 0.0766. The van der Waals surface area contributed by atoms with Gasteiger partial charge in [0.1, 0.15) is 0 Å². The molecule has 0 bridgehead atoms. The average Bonchev–Trinajstić information content (AvgIpc) is 3.11. The monoisotopic (exact) mass is 1060 g/mol. The molecule has 0 spiro atoms. The van der Waals surface area contributed by atoms with Crippen molar-refractivity contribution in [1.82, 2.24) is 19.9 Å². The number of rotatable bonds is 2. The van der Waals surface area contributed by atoms with Gasteiger partial charge in [-0.15, -0.1) is 59.3 Å². The number of aliphatic hydroxyl groups is 4. The summed E-state index contributed by atoms with van der Waals surface area (Å²) >= 11 is 0. The van der Waals surface area contributed by atoms with Crippen LogP contribution in [0, 0.1) is 19.1 Å². The zero-order chi connectivity index (χ0) is 36.5. The van der Waals surface area contributed by atoms with Gasteiger partial charge in [0.05, 0.1) is 40.5 Å². The third-order valence-electron chi connectivity index (χ3n) is 7.69. The van der Waals surface area contributed by atoms with E-state index in [0.29, 0.717) is 0 Å².